The molecule has 1 saturated carbocycles. The SMILES string of the molecule is CCCCCCCCCCc1cnc(-c2ccc(C34CCC(CCCCC)CC3OC(=O)O4)cc2)nc1. The molecule has 0 amide bonds. The van der Waals surface area contributed by atoms with Gasteiger partial charge in [0.1, 0.15) is 6.10 Å². The molecule has 0 bridgehead atoms. The van der Waals surface area contributed by atoms with Crippen LogP contribution in [-0.2, 0) is 21.5 Å². The first-order valence-corrected chi connectivity index (χ1v) is 15.0. The van der Waals surface area contributed by atoms with Crippen molar-refractivity contribution >= 4 is 6.16 Å². The number of unbranched alkanes of at least 4 members (excludes halogenated alkanes) is 9. The predicted molar refractivity (Wildman–Crippen MR) is 148 cm³/mol. The summed E-state index contributed by atoms with van der Waals surface area (Å²) in [6.07, 6.45) is 22.6. The lowest BCUT2D eigenvalue weighted by Crippen LogP contribution is -2.42. The molecule has 0 radical (unpaired) electrons. The minimum atomic E-state index is -0.655. The highest BCUT2D eigenvalue weighted by molar-refractivity contribution is 5.65. The Morgan fingerprint density at radius 1 is 0.865 bits per heavy atom. The standard InChI is InChI=1S/C32H46N2O3/c1-3-5-7-8-9-10-11-13-15-26-23-33-30(34-24-26)27-16-18-28(19-17-27)32-21-20-25(14-12-6-4-2)22-29(32)36-31(35)37-32/h16-19,23-25,29H,3-15,20-22H2,1-2H3. The third-order valence-corrected chi connectivity index (χ3v) is 8.37. The fourth-order valence-corrected chi connectivity index (χ4v) is 6.07. The van der Waals surface area contributed by atoms with Crippen LogP contribution in [0.25, 0.3) is 11.4 Å². The second kappa shape index (κ2) is 13.9. The van der Waals surface area contributed by atoms with Crippen molar-refractivity contribution in [2.24, 2.45) is 5.92 Å². The lowest BCUT2D eigenvalue weighted by Gasteiger charge is -2.38. The van der Waals surface area contributed by atoms with E-state index in [1.165, 1.54) is 82.6 Å². The fraction of sp³-hybridized carbons (Fsp3) is 0.656. The van der Waals surface area contributed by atoms with Gasteiger partial charge in [-0.1, -0.05) is 109 Å². The molecular formula is C32H46N2O3. The lowest BCUT2D eigenvalue weighted by molar-refractivity contribution is -0.0253. The van der Waals surface area contributed by atoms with Crippen molar-refractivity contribution in [3.63, 3.8) is 0 Å². The zero-order valence-corrected chi connectivity index (χ0v) is 23.1. The predicted octanol–water partition coefficient (Wildman–Crippen LogP) is 8.94. The van der Waals surface area contributed by atoms with Gasteiger partial charge in [0.25, 0.3) is 0 Å². The van der Waals surface area contributed by atoms with E-state index in [1.807, 2.05) is 24.5 Å². The molecule has 5 heteroatoms. The van der Waals surface area contributed by atoms with E-state index in [1.54, 1.807) is 0 Å². The zero-order valence-electron chi connectivity index (χ0n) is 23.1. The topological polar surface area (TPSA) is 61.3 Å². The van der Waals surface area contributed by atoms with Gasteiger partial charge >= 0.3 is 6.16 Å². The van der Waals surface area contributed by atoms with E-state index < -0.39 is 11.8 Å². The van der Waals surface area contributed by atoms with Crippen molar-refractivity contribution in [2.45, 2.75) is 128 Å². The smallest absolute Gasteiger partial charge is 0.426 e. The zero-order chi connectivity index (χ0) is 25.9. The summed E-state index contributed by atoms with van der Waals surface area (Å²) in [5.41, 5.74) is 2.55. The Labute approximate surface area is 223 Å². The maximum absolute atomic E-state index is 12.2. The molecule has 37 heavy (non-hydrogen) atoms. The molecule has 2 aromatic rings. The Hall–Kier alpha value is -2.43. The molecule has 1 aliphatic carbocycles. The Bertz CT molecular complexity index is 959. The van der Waals surface area contributed by atoms with Crippen LogP contribution in [-0.4, -0.2) is 22.2 Å². The number of nitrogens with zero attached hydrogens (tertiary/aromatic N) is 2. The van der Waals surface area contributed by atoms with Gasteiger partial charge < -0.3 is 9.47 Å². The van der Waals surface area contributed by atoms with E-state index in [-0.39, 0.29) is 6.10 Å². The van der Waals surface area contributed by atoms with Crippen LogP contribution >= 0.6 is 0 Å². The number of aromatic nitrogens is 2. The maximum atomic E-state index is 12.2. The van der Waals surface area contributed by atoms with Crippen LogP contribution in [0.15, 0.2) is 36.7 Å². The first kappa shape index (κ1) is 27.6. The number of benzene rings is 1. The van der Waals surface area contributed by atoms with Crippen molar-refractivity contribution in [1.29, 1.82) is 0 Å². The highest BCUT2D eigenvalue weighted by Gasteiger charge is 2.55. The summed E-state index contributed by atoms with van der Waals surface area (Å²) < 4.78 is 11.5. The molecule has 2 heterocycles. The molecule has 4 rings (SSSR count). The number of carbonyl (C=O) groups excluding carboxylic acids is 1. The minimum Gasteiger partial charge on any atom is -0.426 e. The van der Waals surface area contributed by atoms with Gasteiger partial charge in [-0.3, -0.25) is 0 Å². The van der Waals surface area contributed by atoms with Crippen LogP contribution in [0.4, 0.5) is 4.79 Å². The third kappa shape index (κ3) is 7.33. The number of hydrogen-bond donors (Lipinski definition) is 0. The summed E-state index contributed by atoms with van der Waals surface area (Å²) in [5.74, 6) is 1.34. The molecule has 0 spiro atoms. The van der Waals surface area contributed by atoms with Gasteiger partial charge in [0.2, 0.25) is 0 Å². The summed E-state index contributed by atoms with van der Waals surface area (Å²) in [6.45, 7) is 4.50. The van der Waals surface area contributed by atoms with Crippen LogP contribution < -0.4 is 0 Å². The van der Waals surface area contributed by atoms with Crippen molar-refractivity contribution in [3.8, 4) is 11.4 Å². The molecule has 5 nitrogen and oxygen atoms in total. The Kier molecular flexibility index (Phi) is 10.4. The maximum Gasteiger partial charge on any atom is 0.509 e. The van der Waals surface area contributed by atoms with Crippen LogP contribution in [0, 0.1) is 5.92 Å². The number of rotatable bonds is 15. The Morgan fingerprint density at radius 3 is 2.22 bits per heavy atom. The first-order chi connectivity index (χ1) is 18.1. The first-order valence-electron chi connectivity index (χ1n) is 15.0. The summed E-state index contributed by atoms with van der Waals surface area (Å²) in [7, 11) is 0. The molecule has 1 aliphatic heterocycles. The van der Waals surface area contributed by atoms with E-state index >= 15 is 0 Å². The van der Waals surface area contributed by atoms with Crippen molar-refractivity contribution in [2.75, 3.05) is 0 Å². The molecule has 2 aliphatic rings. The average Bonchev–Trinajstić information content (AvgIpc) is 3.27. The summed E-state index contributed by atoms with van der Waals surface area (Å²) in [4.78, 5) is 21.5. The molecule has 3 atom stereocenters. The van der Waals surface area contributed by atoms with E-state index in [4.69, 9.17) is 9.47 Å². The molecule has 1 saturated heterocycles. The van der Waals surface area contributed by atoms with Crippen LogP contribution in [0.3, 0.4) is 0 Å². The number of aryl methyl sites for hydroxylation is 1. The number of fused-ring (bicyclic) bond motifs is 1. The van der Waals surface area contributed by atoms with Gasteiger partial charge in [-0.15, -0.1) is 0 Å². The van der Waals surface area contributed by atoms with E-state index in [9.17, 15) is 4.79 Å². The Morgan fingerprint density at radius 2 is 1.51 bits per heavy atom. The Balaban J connectivity index is 1.30. The fourth-order valence-electron chi connectivity index (χ4n) is 6.07. The highest BCUT2D eigenvalue weighted by Crippen LogP contribution is 2.49. The third-order valence-electron chi connectivity index (χ3n) is 8.37. The highest BCUT2D eigenvalue weighted by atomic mass is 16.8. The van der Waals surface area contributed by atoms with Crippen molar-refractivity contribution < 1.29 is 14.3 Å². The van der Waals surface area contributed by atoms with Crippen LogP contribution in [0.2, 0.25) is 0 Å². The second-order valence-corrected chi connectivity index (χ2v) is 11.2. The van der Waals surface area contributed by atoms with Gasteiger partial charge in [0, 0.05) is 18.0 Å². The van der Waals surface area contributed by atoms with Gasteiger partial charge in [-0.05, 0) is 49.1 Å². The minimum absolute atomic E-state index is 0.196. The van der Waals surface area contributed by atoms with Gasteiger partial charge in [0.15, 0.2) is 11.4 Å². The summed E-state index contributed by atoms with van der Waals surface area (Å²) in [5, 5.41) is 0. The molecule has 3 unspecified atom stereocenters. The molecule has 1 aromatic carbocycles. The quantitative estimate of drug-likeness (QED) is 0.178. The molecular weight excluding hydrogens is 460 g/mol. The summed E-state index contributed by atoms with van der Waals surface area (Å²) in [6, 6.07) is 8.24. The molecule has 0 N–H and O–H groups in total. The molecule has 202 valence electrons. The summed E-state index contributed by atoms with van der Waals surface area (Å²) >= 11 is 0. The lowest BCUT2D eigenvalue weighted by atomic mass is 9.72. The number of ether oxygens (including phenoxy) is 2. The second-order valence-electron chi connectivity index (χ2n) is 11.2. The number of carbonyl (C=O) groups is 1. The van der Waals surface area contributed by atoms with Gasteiger partial charge in [-0.2, -0.15) is 0 Å². The molecule has 2 fully saturated rings. The van der Waals surface area contributed by atoms with Crippen LogP contribution in [0.1, 0.15) is 121 Å². The average molecular weight is 507 g/mol. The van der Waals surface area contributed by atoms with E-state index in [2.05, 4.69) is 35.9 Å². The van der Waals surface area contributed by atoms with Crippen molar-refractivity contribution in [3.05, 3.63) is 47.8 Å². The van der Waals surface area contributed by atoms with Gasteiger partial charge in [0.05, 0.1) is 0 Å². The monoisotopic (exact) mass is 506 g/mol. The molecule has 1 aromatic heterocycles. The van der Waals surface area contributed by atoms with Gasteiger partial charge in [-0.25, -0.2) is 14.8 Å². The van der Waals surface area contributed by atoms with Crippen molar-refractivity contribution in [1.82, 2.24) is 9.97 Å². The normalized spacial score (nSPS) is 22.9. The van der Waals surface area contributed by atoms with Crippen LogP contribution in [0.5, 0.6) is 0 Å². The number of hydrogen-bond acceptors (Lipinski definition) is 5. The van der Waals surface area contributed by atoms with E-state index in [0.717, 1.165) is 42.6 Å². The largest absolute Gasteiger partial charge is 0.509 e. The van der Waals surface area contributed by atoms with E-state index in [0.29, 0.717) is 5.92 Å².